The van der Waals surface area contributed by atoms with Gasteiger partial charge >= 0.3 is 0 Å². The van der Waals surface area contributed by atoms with E-state index in [9.17, 15) is 4.79 Å². The first-order valence-corrected chi connectivity index (χ1v) is 7.52. The molecule has 1 aromatic carbocycles. The van der Waals surface area contributed by atoms with Gasteiger partial charge in [-0.25, -0.2) is 4.68 Å². The van der Waals surface area contributed by atoms with Gasteiger partial charge in [-0.3, -0.25) is 14.5 Å². The van der Waals surface area contributed by atoms with E-state index in [1.165, 1.54) is 0 Å². The van der Waals surface area contributed by atoms with E-state index in [0.29, 0.717) is 22.3 Å². The molecule has 0 fully saturated rings. The van der Waals surface area contributed by atoms with Gasteiger partial charge < -0.3 is 0 Å². The molecule has 8 heteroatoms. The summed E-state index contributed by atoms with van der Waals surface area (Å²) in [6, 6.07) is 14.4. The quantitative estimate of drug-likeness (QED) is 0.623. The van der Waals surface area contributed by atoms with Crippen molar-refractivity contribution in [3.8, 4) is 5.69 Å². The van der Waals surface area contributed by atoms with Crippen molar-refractivity contribution in [1.82, 2.24) is 24.4 Å². The summed E-state index contributed by atoms with van der Waals surface area (Å²) in [5.74, 6) is -0.0400. The van der Waals surface area contributed by atoms with Gasteiger partial charge in [0.05, 0.1) is 10.7 Å². The highest BCUT2D eigenvalue weighted by molar-refractivity contribution is 6.32. The minimum absolute atomic E-state index is 0.252. The van der Waals surface area contributed by atoms with Crippen LogP contribution in [0.5, 0.6) is 0 Å². The zero-order valence-electron chi connectivity index (χ0n) is 12.3. The summed E-state index contributed by atoms with van der Waals surface area (Å²) in [7, 11) is 0. The number of hydrogen-bond acceptors (Lipinski definition) is 4. The first kappa shape index (κ1) is 14.4. The number of para-hydroxylation sites is 1. The van der Waals surface area contributed by atoms with Crippen LogP contribution in [-0.4, -0.2) is 30.3 Å². The zero-order chi connectivity index (χ0) is 16.5. The van der Waals surface area contributed by atoms with Gasteiger partial charge in [-0.2, -0.15) is 5.10 Å². The molecule has 24 heavy (non-hydrogen) atoms. The van der Waals surface area contributed by atoms with Crippen LogP contribution in [0.4, 0.5) is 5.95 Å². The largest absolute Gasteiger partial charge is 0.289 e. The minimum atomic E-state index is -0.376. The van der Waals surface area contributed by atoms with Crippen molar-refractivity contribution in [2.24, 2.45) is 0 Å². The van der Waals surface area contributed by atoms with Gasteiger partial charge in [0.2, 0.25) is 5.95 Å². The number of hydrogen-bond donors (Lipinski definition) is 1. The van der Waals surface area contributed by atoms with Crippen molar-refractivity contribution in [3.05, 3.63) is 71.6 Å². The number of halogens is 1. The summed E-state index contributed by atoms with van der Waals surface area (Å²) in [5.41, 5.74) is 1.60. The van der Waals surface area contributed by atoms with Gasteiger partial charge in [-0.05, 0) is 30.3 Å². The van der Waals surface area contributed by atoms with Crippen LogP contribution in [0, 0.1) is 0 Å². The number of rotatable bonds is 3. The zero-order valence-corrected chi connectivity index (χ0v) is 13.1. The highest BCUT2D eigenvalue weighted by Crippen LogP contribution is 2.19. The van der Waals surface area contributed by atoms with Crippen LogP contribution >= 0.6 is 11.6 Å². The number of nitrogens with zero attached hydrogens (tertiary/aromatic N) is 5. The Bertz CT molecular complexity index is 1040. The van der Waals surface area contributed by atoms with Crippen molar-refractivity contribution in [2.75, 3.05) is 5.32 Å². The van der Waals surface area contributed by atoms with Crippen molar-refractivity contribution in [3.63, 3.8) is 0 Å². The predicted molar refractivity (Wildman–Crippen MR) is 89.5 cm³/mol. The summed E-state index contributed by atoms with van der Waals surface area (Å²) >= 11 is 6.15. The molecule has 0 spiro atoms. The maximum atomic E-state index is 12.4. The fourth-order valence-electron chi connectivity index (χ4n) is 2.31. The minimum Gasteiger partial charge on any atom is -0.289 e. The molecule has 0 aliphatic carbocycles. The topological polar surface area (TPSA) is 77.1 Å². The second kappa shape index (κ2) is 5.78. The van der Waals surface area contributed by atoms with Gasteiger partial charge in [0, 0.05) is 12.4 Å². The van der Waals surface area contributed by atoms with Crippen molar-refractivity contribution in [1.29, 1.82) is 0 Å². The molecule has 0 aliphatic rings. The van der Waals surface area contributed by atoms with Crippen molar-refractivity contribution in [2.45, 2.75) is 0 Å². The molecule has 0 bridgehead atoms. The average molecular weight is 339 g/mol. The normalized spacial score (nSPS) is 10.9. The van der Waals surface area contributed by atoms with Gasteiger partial charge in [-0.1, -0.05) is 29.8 Å². The Morgan fingerprint density at radius 1 is 1.00 bits per heavy atom. The number of pyridine rings is 1. The third kappa shape index (κ3) is 2.50. The number of anilines is 1. The summed E-state index contributed by atoms with van der Waals surface area (Å²) in [6.07, 6.45) is 3.45. The molecule has 1 amide bonds. The Morgan fingerprint density at radius 3 is 2.71 bits per heavy atom. The number of benzene rings is 1. The van der Waals surface area contributed by atoms with E-state index >= 15 is 0 Å². The number of amides is 1. The van der Waals surface area contributed by atoms with E-state index in [1.54, 1.807) is 39.7 Å². The highest BCUT2D eigenvalue weighted by Gasteiger charge is 2.14. The van der Waals surface area contributed by atoms with Crippen molar-refractivity contribution < 1.29 is 4.79 Å². The number of carbonyl (C=O) groups is 1. The van der Waals surface area contributed by atoms with Crippen LogP contribution in [0.25, 0.3) is 11.3 Å². The summed E-state index contributed by atoms with van der Waals surface area (Å²) in [5, 5.41) is 15.5. The fraction of sp³-hybridized carbons (Fsp3) is 0. The monoisotopic (exact) mass is 338 g/mol. The van der Waals surface area contributed by atoms with Crippen molar-refractivity contribution >= 4 is 29.1 Å². The molecule has 3 aromatic heterocycles. The smallest absolute Gasteiger partial charge is 0.278 e. The van der Waals surface area contributed by atoms with Crippen LogP contribution in [0.1, 0.15) is 10.5 Å². The van der Waals surface area contributed by atoms with Crippen LogP contribution in [-0.2, 0) is 0 Å². The molecule has 0 radical (unpaired) electrons. The van der Waals surface area contributed by atoms with Crippen LogP contribution in [0.2, 0.25) is 5.02 Å². The van der Waals surface area contributed by atoms with E-state index in [1.807, 2.05) is 30.3 Å². The standard InChI is InChI=1S/C16H11ClN6O/c17-11-5-1-2-6-13(11)23-10-8-12(21-23)15(24)18-16-20-19-14-7-3-4-9-22(14)16/h1-10H,(H,18,20,24). The van der Waals surface area contributed by atoms with Crippen LogP contribution in [0.3, 0.4) is 0 Å². The molecule has 0 unspecified atom stereocenters. The highest BCUT2D eigenvalue weighted by atomic mass is 35.5. The summed E-state index contributed by atoms with van der Waals surface area (Å²) < 4.78 is 3.24. The average Bonchev–Trinajstić information content (AvgIpc) is 3.23. The third-order valence-corrected chi connectivity index (χ3v) is 3.78. The molecule has 0 saturated heterocycles. The van der Waals surface area contributed by atoms with Crippen LogP contribution in [0.15, 0.2) is 60.9 Å². The molecular weight excluding hydrogens is 328 g/mol. The summed E-state index contributed by atoms with van der Waals surface area (Å²) in [4.78, 5) is 12.4. The Hall–Kier alpha value is -3.19. The number of fused-ring (bicyclic) bond motifs is 1. The Kier molecular flexibility index (Phi) is 3.47. The predicted octanol–water partition coefficient (Wildman–Crippen LogP) is 2.82. The lowest BCUT2D eigenvalue weighted by Crippen LogP contribution is -2.15. The lowest BCUT2D eigenvalue weighted by molar-refractivity contribution is 0.102. The Balaban J connectivity index is 1.61. The molecule has 4 rings (SSSR count). The molecule has 7 nitrogen and oxygen atoms in total. The van der Waals surface area contributed by atoms with Gasteiger partial charge in [0.1, 0.15) is 0 Å². The molecule has 0 aliphatic heterocycles. The lowest BCUT2D eigenvalue weighted by Gasteiger charge is -2.03. The molecule has 118 valence electrons. The first-order valence-electron chi connectivity index (χ1n) is 7.14. The maximum Gasteiger partial charge on any atom is 0.278 e. The number of aromatic nitrogens is 5. The van der Waals surface area contributed by atoms with E-state index in [-0.39, 0.29) is 11.6 Å². The van der Waals surface area contributed by atoms with E-state index in [0.717, 1.165) is 0 Å². The molecule has 1 N–H and O–H groups in total. The molecule has 0 saturated carbocycles. The maximum absolute atomic E-state index is 12.4. The van der Waals surface area contributed by atoms with Gasteiger partial charge in [0.15, 0.2) is 11.3 Å². The van der Waals surface area contributed by atoms with Gasteiger partial charge in [0.25, 0.3) is 5.91 Å². The van der Waals surface area contributed by atoms with Crippen LogP contribution < -0.4 is 5.32 Å². The second-order valence-corrected chi connectivity index (χ2v) is 5.41. The molecular formula is C16H11ClN6O. The molecule has 0 atom stereocenters. The number of nitrogens with one attached hydrogen (secondary N) is 1. The third-order valence-electron chi connectivity index (χ3n) is 3.46. The molecule has 4 aromatic rings. The SMILES string of the molecule is O=C(Nc1nnc2ccccn12)c1ccn(-c2ccccc2Cl)n1. The Morgan fingerprint density at radius 2 is 1.83 bits per heavy atom. The lowest BCUT2D eigenvalue weighted by atomic mass is 10.3. The second-order valence-electron chi connectivity index (χ2n) is 5.00. The first-order chi connectivity index (χ1) is 11.7. The Labute approximate surface area is 141 Å². The summed E-state index contributed by atoms with van der Waals surface area (Å²) in [6.45, 7) is 0. The number of carbonyl (C=O) groups excluding carboxylic acids is 1. The molecule has 3 heterocycles. The van der Waals surface area contributed by atoms with E-state index in [4.69, 9.17) is 11.6 Å². The van der Waals surface area contributed by atoms with E-state index < -0.39 is 0 Å². The van der Waals surface area contributed by atoms with E-state index in [2.05, 4.69) is 20.6 Å². The van der Waals surface area contributed by atoms with Gasteiger partial charge in [-0.15, -0.1) is 10.2 Å². The fourth-order valence-corrected chi connectivity index (χ4v) is 2.53.